The summed E-state index contributed by atoms with van der Waals surface area (Å²) in [5, 5.41) is 2.34. The predicted molar refractivity (Wildman–Crippen MR) is 96.6 cm³/mol. The molecule has 1 unspecified atom stereocenters. The smallest absolute Gasteiger partial charge is 0.255 e. The molecule has 0 spiro atoms. The number of hydrogen-bond acceptors (Lipinski definition) is 6. The van der Waals surface area contributed by atoms with Crippen LogP contribution in [0.4, 0.5) is 5.69 Å². The SMILES string of the molecule is CN1CCN2c3cc4c(cc3OC[C@@H]2C1)C(=O)N(C1CCC(=O)NC1=O)C4. The van der Waals surface area contributed by atoms with Gasteiger partial charge in [-0.05, 0) is 31.2 Å². The van der Waals surface area contributed by atoms with E-state index < -0.39 is 6.04 Å². The van der Waals surface area contributed by atoms with Crippen LogP contribution in [-0.4, -0.2) is 72.9 Å². The Labute approximate surface area is 157 Å². The molecule has 8 heteroatoms. The van der Waals surface area contributed by atoms with Gasteiger partial charge in [-0.3, -0.25) is 19.7 Å². The van der Waals surface area contributed by atoms with Crippen LogP contribution in [0.5, 0.6) is 5.75 Å². The standard InChI is InChI=1S/C19H22N4O4/c1-21-4-5-22-12(9-21)10-27-16-7-13-11(6-15(16)22)8-23(19(13)26)14-2-3-17(24)20-18(14)25/h6-7,12,14H,2-5,8-10H2,1H3,(H,20,24,25)/t12-,14?/m0/s1. The van der Waals surface area contributed by atoms with Crippen molar-refractivity contribution in [2.24, 2.45) is 0 Å². The van der Waals surface area contributed by atoms with Gasteiger partial charge in [0.1, 0.15) is 18.4 Å². The van der Waals surface area contributed by atoms with Gasteiger partial charge < -0.3 is 19.4 Å². The number of amides is 3. The molecule has 2 fully saturated rings. The molecule has 142 valence electrons. The summed E-state index contributed by atoms with van der Waals surface area (Å²) in [5.41, 5.74) is 2.56. The third-order valence-corrected chi connectivity index (χ3v) is 6.03. The molecule has 2 atom stereocenters. The number of fused-ring (bicyclic) bond motifs is 4. The van der Waals surface area contributed by atoms with Gasteiger partial charge in [-0.2, -0.15) is 0 Å². The highest BCUT2D eigenvalue weighted by Crippen LogP contribution is 2.40. The Balaban J connectivity index is 1.44. The van der Waals surface area contributed by atoms with Crippen LogP contribution in [0, 0.1) is 0 Å². The monoisotopic (exact) mass is 370 g/mol. The van der Waals surface area contributed by atoms with Gasteiger partial charge in [0.15, 0.2) is 0 Å². The van der Waals surface area contributed by atoms with Crippen molar-refractivity contribution in [2.75, 3.05) is 38.2 Å². The van der Waals surface area contributed by atoms with Crippen LogP contribution in [0.25, 0.3) is 0 Å². The average Bonchev–Trinajstić information content (AvgIpc) is 2.95. The van der Waals surface area contributed by atoms with Crippen molar-refractivity contribution < 1.29 is 19.1 Å². The quantitative estimate of drug-likeness (QED) is 0.699. The fourth-order valence-corrected chi connectivity index (χ4v) is 4.58. The van der Waals surface area contributed by atoms with Crippen LogP contribution in [0.3, 0.4) is 0 Å². The summed E-state index contributed by atoms with van der Waals surface area (Å²) in [6.07, 6.45) is 0.639. The van der Waals surface area contributed by atoms with Gasteiger partial charge in [0, 0.05) is 38.2 Å². The molecule has 0 bridgehead atoms. The number of nitrogens with zero attached hydrogens (tertiary/aromatic N) is 3. The highest BCUT2D eigenvalue weighted by Gasteiger charge is 2.41. The number of rotatable bonds is 1. The van der Waals surface area contributed by atoms with Gasteiger partial charge in [-0.25, -0.2) is 0 Å². The molecule has 0 saturated carbocycles. The lowest BCUT2D eigenvalue weighted by molar-refractivity contribution is -0.136. The van der Waals surface area contributed by atoms with Crippen LogP contribution in [-0.2, 0) is 16.1 Å². The van der Waals surface area contributed by atoms with Gasteiger partial charge in [0.2, 0.25) is 11.8 Å². The highest BCUT2D eigenvalue weighted by atomic mass is 16.5. The molecule has 0 aromatic heterocycles. The van der Waals surface area contributed by atoms with E-state index in [-0.39, 0.29) is 24.1 Å². The molecule has 5 rings (SSSR count). The highest BCUT2D eigenvalue weighted by molar-refractivity contribution is 6.05. The summed E-state index contributed by atoms with van der Waals surface area (Å²) in [7, 11) is 2.12. The van der Waals surface area contributed by atoms with E-state index in [9.17, 15) is 14.4 Å². The Morgan fingerprint density at radius 1 is 1.15 bits per heavy atom. The van der Waals surface area contributed by atoms with E-state index in [1.807, 2.05) is 12.1 Å². The number of anilines is 1. The second-order valence-corrected chi connectivity index (χ2v) is 7.80. The summed E-state index contributed by atoms with van der Waals surface area (Å²) >= 11 is 0. The van der Waals surface area contributed by atoms with E-state index >= 15 is 0 Å². The number of benzene rings is 1. The topological polar surface area (TPSA) is 82.2 Å². The normalized spacial score (nSPS) is 27.7. The third-order valence-electron chi connectivity index (χ3n) is 6.03. The minimum Gasteiger partial charge on any atom is -0.489 e. The first-order valence-corrected chi connectivity index (χ1v) is 9.41. The number of piperidine rings is 1. The molecular formula is C19H22N4O4. The molecule has 4 aliphatic heterocycles. The van der Waals surface area contributed by atoms with E-state index in [4.69, 9.17) is 4.74 Å². The molecule has 4 aliphatic rings. The van der Waals surface area contributed by atoms with E-state index in [0.717, 1.165) is 36.6 Å². The maximum Gasteiger partial charge on any atom is 0.255 e. The zero-order valence-corrected chi connectivity index (χ0v) is 15.2. The van der Waals surface area contributed by atoms with Crippen LogP contribution >= 0.6 is 0 Å². The zero-order chi connectivity index (χ0) is 18.7. The molecule has 1 N–H and O–H groups in total. The molecule has 4 heterocycles. The van der Waals surface area contributed by atoms with Crippen molar-refractivity contribution in [2.45, 2.75) is 31.5 Å². The molecule has 1 aromatic carbocycles. The van der Waals surface area contributed by atoms with Gasteiger partial charge in [-0.1, -0.05) is 0 Å². The first-order valence-electron chi connectivity index (χ1n) is 9.41. The zero-order valence-electron chi connectivity index (χ0n) is 15.2. The lowest BCUT2D eigenvalue weighted by Gasteiger charge is -2.44. The van der Waals surface area contributed by atoms with Gasteiger partial charge in [0.05, 0.1) is 11.7 Å². The summed E-state index contributed by atoms with van der Waals surface area (Å²) in [4.78, 5) is 42.8. The van der Waals surface area contributed by atoms with Crippen molar-refractivity contribution in [3.8, 4) is 5.75 Å². The van der Waals surface area contributed by atoms with Crippen LogP contribution in [0.1, 0.15) is 28.8 Å². The van der Waals surface area contributed by atoms with Crippen molar-refractivity contribution >= 4 is 23.4 Å². The van der Waals surface area contributed by atoms with Crippen LogP contribution < -0.4 is 15.0 Å². The number of carbonyl (C=O) groups is 3. The van der Waals surface area contributed by atoms with Gasteiger partial charge in [-0.15, -0.1) is 0 Å². The van der Waals surface area contributed by atoms with Crippen molar-refractivity contribution in [3.63, 3.8) is 0 Å². The third kappa shape index (κ3) is 2.58. The lowest BCUT2D eigenvalue weighted by atomic mass is 10.0. The maximum absolute atomic E-state index is 12.9. The van der Waals surface area contributed by atoms with Crippen molar-refractivity contribution in [3.05, 3.63) is 23.3 Å². The molecule has 1 aromatic rings. The number of imide groups is 1. The largest absolute Gasteiger partial charge is 0.489 e. The first-order chi connectivity index (χ1) is 13.0. The number of piperazine rings is 1. The predicted octanol–water partition coefficient (Wildman–Crippen LogP) is -0.0396. The fourth-order valence-electron chi connectivity index (χ4n) is 4.58. The Bertz CT molecular complexity index is 854. The molecular weight excluding hydrogens is 348 g/mol. The van der Waals surface area contributed by atoms with Crippen molar-refractivity contribution in [1.29, 1.82) is 0 Å². The molecule has 2 saturated heterocycles. The number of carbonyl (C=O) groups excluding carboxylic acids is 3. The molecule has 3 amide bonds. The Morgan fingerprint density at radius 3 is 2.81 bits per heavy atom. The minimum absolute atomic E-state index is 0.161. The fraction of sp³-hybridized carbons (Fsp3) is 0.526. The summed E-state index contributed by atoms with van der Waals surface area (Å²) in [5.74, 6) is -0.0719. The number of hydrogen-bond donors (Lipinski definition) is 1. The van der Waals surface area contributed by atoms with Gasteiger partial charge >= 0.3 is 0 Å². The minimum atomic E-state index is -0.586. The second-order valence-electron chi connectivity index (χ2n) is 7.80. The lowest BCUT2D eigenvalue weighted by Crippen LogP contribution is -2.56. The number of ether oxygens (including phenoxy) is 1. The molecule has 0 radical (unpaired) electrons. The summed E-state index contributed by atoms with van der Waals surface area (Å²) in [6.45, 7) is 3.89. The van der Waals surface area contributed by atoms with E-state index in [2.05, 4.69) is 22.2 Å². The molecule has 8 nitrogen and oxygen atoms in total. The Hall–Kier alpha value is -2.61. The second kappa shape index (κ2) is 5.95. The van der Waals surface area contributed by atoms with E-state index in [0.29, 0.717) is 31.2 Å². The van der Waals surface area contributed by atoms with Gasteiger partial charge in [0.25, 0.3) is 5.91 Å². The van der Waals surface area contributed by atoms with Crippen molar-refractivity contribution in [1.82, 2.24) is 15.1 Å². The molecule has 27 heavy (non-hydrogen) atoms. The summed E-state index contributed by atoms with van der Waals surface area (Å²) in [6, 6.07) is 3.61. The number of likely N-dealkylation sites (N-methyl/N-ethyl adjacent to an activating group) is 1. The average molecular weight is 370 g/mol. The summed E-state index contributed by atoms with van der Waals surface area (Å²) < 4.78 is 5.97. The van der Waals surface area contributed by atoms with E-state index in [1.165, 1.54) is 0 Å². The van der Waals surface area contributed by atoms with E-state index in [1.54, 1.807) is 4.90 Å². The maximum atomic E-state index is 12.9. The molecule has 0 aliphatic carbocycles. The van der Waals surface area contributed by atoms with Crippen LogP contribution in [0.2, 0.25) is 0 Å². The number of nitrogens with one attached hydrogen (secondary N) is 1. The Morgan fingerprint density at radius 2 is 2.00 bits per heavy atom. The Kier molecular flexibility index (Phi) is 3.65. The first kappa shape index (κ1) is 16.6. The van der Waals surface area contributed by atoms with Crippen LogP contribution in [0.15, 0.2) is 12.1 Å².